The molecule has 0 saturated carbocycles. The van der Waals surface area contributed by atoms with Crippen LogP contribution in [-0.4, -0.2) is 19.6 Å². The number of hydrogen-bond acceptors (Lipinski definition) is 3. The van der Waals surface area contributed by atoms with Crippen molar-refractivity contribution in [1.29, 1.82) is 0 Å². The molecule has 0 fully saturated rings. The van der Waals surface area contributed by atoms with E-state index in [1.807, 2.05) is 48.5 Å². The average Bonchev–Trinajstić information content (AvgIpc) is 2.52. The highest BCUT2D eigenvalue weighted by Gasteiger charge is 2.15. The fraction of sp³-hybridized carbons (Fsp3) is 0.235. The molecular weight excluding hydrogens is 250 g/mol. The Morgan fingerprint density at radius 3 is 2.50 bits per heavy atom. The van der Waals surface area contributed by atoms with Gasteiger partial charge in [0.05, 0.1) is 12.7 Å². The first kappa shape index (κ1) is 14.3. The van der Waals surface area contributed by atoms with Crippen molar-refractivity contribution < 1.29 is 9.53 Å². The van der Waals surface area contributed by atoms with E-state index in [1.165, 1.54) is 7.11 Å². The Balaban J connectivity index is 2.53. The van der Waals surface area contributed by atoms with Crippen LogP contribution in [0.4, 0.5) is 0 Å². The zero-order valence-corrected chi connectivity index (χ0v) is 11.6. The molecular formula is C17H19NO2. The van der Waals surface area contributed by atoms with E-state index in [4.69, 9.17) is 10.5 Å². The first-order chi connectivity index (χ1) is 9.77. The summed E-state index contributed by atoms with van der Waals surface area (Å²) in [5.74, 6) is -0.296. The molecule has 0 aliphatic rings. The maximum Gasteiger partial charge on any atom is 0.338 e. The maximum atomic E-state index is 11.9. The number of rotatable bonds is 5. The molecule has 2 aromatic rings. The lowest BCUT2D eigenvalue weighted by Crippen LogP contribution is -2.09. The lowest BCUT2D eigenvalue weighted by atomic mass is 9.92. The summed E-state index contributed by atoms with van der Waals surface area (Å²) in [5, 5.41) is 0. The Labute approximate surface area is 119 Å². The van der Waals surface area contributed by atoms with Crippen LogP contribution in [0, 0.1) is 0 Å². The van der Waals surface area contributed by atoms with E-state index in [0.717, 1.165) is 29.5 Å². The van der Waals surface area contributed by atoms with Gasteiger partial charge in [0.1, 0.15) is 0 Å². The molecule has 2 N–H and O–H groups in total. The molecule has 0 aromatic heterocycles. The zero-order chi connectivity index (χ0) is 14.4. The Morgan fingerprint density at radius 1 is 1.10 bits per heavy atom. The number of methoxy groups -OCH3 is 1. The number of ether oxygens (including phenoxy) is 1. The van der Waals surface area contributed by atoms with Gasteiger partial charge in [-0.1, -0.05) is 42.5 Å². The van der Waals surface area contributed by atoms with Crippen molar-refractivity contribution >= 4 is 5.97 Å². The predicted molar refractivity (Wildman–Crippen MR) is 80.6 cm³/mol. The highest BCUT2D eigenvalue weighted by molar-refractivity contribution is 5.93. The maximum absolute atomic E-state index is 11.9. The van der Waals surface area contributed by atoms with Crippen LogP contribution < -0.4 is 5.73 Å². The lowest BCUT2D eigenvalue weighted by molar-refractivity contribution is 0.0599. The van der Waals surface area contributed by atoms with Gasteiger partial charge in [-0.2, -0.15) is 0 Å². The van der Waals surface area contributed by atoms with Gasteiger partial charge in [-0.05, 0) is 42.1 Å². The van der Waals surface area contributed by atoms with Gasteiger partial charge in [0.15, 0.2) is 0 Å². The second kappa shape index (κ2) is 6.87. The summed E-state index contributed by atoms with van der Waals surface area (Å²) in [6.45, 7) is 0.601. The summed E-state index contributed by atoms with van der Waals surface area (Å²) >= 11 is 0. The van der Waals surface area contributed by atoms with Crippen LogP contribution in [0.3, 0.4) is 0 Å². The minimum absolute atomic E-state index is 0.296. The van der Waals surface area contributed by atoms with Crippen molar-refractivity contribution in [3.63, 3.8) is 0 Å². The normalized spacial score (nSPS) is 10.3. The third kappa shape index (κ3) is 3.06. The average molecular weight is 269 g/mol. The van der Waals surface area contributed by atoms with Crippen LogP contribution in [0.5, 0.6) is 0 Å². The number of nitrogens with two attached hydrogens (primary N) is 1. The minimum atomic E-state index is -0.296. The Bertz CT molecular complexity index is 579. The molecule has 3 heteroatoms. The Hall–Kier alpha value is -2.13. The van der Waals surface area contributed by atoms with E-state index in [2.05, 4.69) is 0 Å². The molecule has 0 atom stereocenters. The molecule has 0 spiro atoms. The molecule has 0 heterocycles. The highest BCUT2D eigenvalue weighted by atomic mass is 16.5. The second-order valence-electron chi connectivity index (χ2n) is 4.58. The first-order valence-electron chi connectivity index (χ1n) is 6.73. The van der Waals surface area contributed by atoms with Crippen LogP contribution in [-0.2, 0) is 11.2 Å². The molecule has 0 aliphatic carbocycles. The third-order valence-electron chi connectivity index (χ3n) is 3.30. The number of esters is 1. The van der Waals surface area contributed by atoms with Crippen LogP contribution in [0.15, 0.2) is 48.5 Å². The number of hydrogen-bond donors (Lipinski definition) is 1. The van der Waals surface area contributed by atoms with Crippen molar-refractivity contribution in [3.8, 4) is 11.1 Å². The topological polar surface area (TPSA) is 52.3 Å². The van der Waals surface area contributed by atoms with Gasteiger partial charge < -0.3 is 10.5 Å². The fourth-order valence-electron chi connectivity index (χ4n) is 2.32. The molecule has 0 unspecified atom stereocenters. The quantitative estimate of drug-likeness (QED) is 0.849. The largest absolute Gasteiger partial charge is 0.465 e. The molecule has 0 bridgehead atoms. The SMILES string of the molecule is COC(=O)c1cccc(-c2ccccc2)c1CCCN. The van der Waals surface area contributed by atoms with Gasteiger partial charge in [-0.3, -0.25) is 0 Å². The van der Waals surface area contributed by atoms with Gasteiger partial charge in [-0.15, -0.1) is 0 Å². The van der Waals surface area contributed by atoms with Crippen LogP contribution >= 0.6 is 0 Å². The minimum Gasteiger partial charge on any atom is -0.465 e. The van der Waals surface area contributed by atoms with Gasteiger partial charge in [0.25, 0.3) is 0 Å². The van der Waals surface area contributed by atoms with E-state index in [1.54, 1.807) is 0 Å². The highest BCUT2D eigenvalue weighted by Crippen LogP contribution is 2.27. The molecule has 0 radical (unpaired) electrons. The van der Waals surface area contributed by atoms with Gasteiger partial charge in [0, 0.05) is 0 Å². The van der Waals surface area contributed by atoms with Crippen LogP contribution in [0.2, 0.25) is 0 Å². The molecule has 3 nitrogen and oxygen atoms in total. The molecule has 104 valence electrons. The van der Waals surface area contributed by atoms with E-state index < -0.39 is 0 Å². The van der Waals surface area contributed by atoms with E-state index in [-0.39, 0.29) is 5.97 Å². The van der Waals surface area contributed by atoms with Crippen molar-refractivity contribution in [2.45, 2.75) is 12.8 Å². The standard InChI is InChI=1S/C17H19NO2/c1-20-17(19)16-10-5-9-14(15(16)11-6-12-18)13-7-3-2-4-8-13/h2-5,7-10H,6,11-12,18H2,1H3. The van der Waals surface area contributed by atoms with Crippen LogP contribution in [0.25, 0.3) is 11.1 Å². The molecule has 2 aromatic carbocycles. The first-order valence-corrected chi connectivity index (χ1v) is 6.73. The summed E-state index contributed by atoms with van der Waals surface area (Å²) in [6.07, 6.45) is 1.61. The molecule has 0 amide bonds. The molecule has 2 rings (SSSR count). The number of carbonyl (C=O) groups is 1. The smallest absolute Gasteiger partial charge is 0.338 e. The summed E-state index contributed by atoms with van der Waals surface area (Å²) in [4.78, 5) is 11.9. The lowest BCUT2D eigenvalue weighted by Gasteiger charge is -2.13. The van der Waals surface area contributed by atoms with Gasteiger partial charge >= 0.3 is 5.97 Å². The monoisotopic (exact) mass is 269 g/mol. The van der Waals surface area contributed by atoms with Crippen molar-refractivity contribution in [2.75, 3.05) is 13.7 Å². The van der Waals surface area contributed by atoms with Crippen molar-refractivity contribution in [3.05, 3.63) is 59.7 Å². The van der Waals surface area contributed by atoms with Gasteiger partial charge in [-0.25, -0.2) is 4.79 Å². The molecule has 0 saturated heterocycles. The summed E-state index contributed by atoms with van der Waals surface area (Å²) in [5.41, 5.74) is 9.42. The number of carbonyl (C=O) groups excluding carboxylic acids is 1. The Kier molecular flexibility index (Phi) is 4.91. The second-order valence-corrected chi connectivity index (χ2v) is 4.58. The zero-order valence-electron chi connectivity index (χ0n) is 11.6. The Morgan fingerprint density at radius 2 is 1.85 bits per heavy atom. The molecule has 20 heavy (non-hydrogen) atoms. The third-order valence-corrected chi connectivity index (χ3v) is 3.30. The van der Waals surface area contributed by atoms with Crippen molar-refractivity contribution in [2.24, 2.45) is 5.73 Å². The van der Waals surface area contributed by atoms with E-state index in [9.17, 15) is 4.79 Å². The van der Waals surface area contributed by atoms with Crippen LogP contribution in [0.1, 0.15) is 22.3 Å². The van der Waals surface area contributed by atoms with E-state index >= 15 is 0 Å². The summed E-state index contributed by atoms with van der Waals surface area (Å²) < 4.78 is 4.88. The van der Waals surface area contributed by atoms with Crippen molar-refractivity contribution in [1.82, 2.24) is 0 Å². The van der Waals surface area contributed by atoms with E-state index in [0.29, 0.717) is 12.1 Å². The summed E-state index contributed by atoms with van der Waals surface area (Å²) in [6, 6.07) is 15.8. The number of benzene rings is 2. The summed E-state index contributed by atoms with van der Waals surface area (Å²) in [7, 11) is 1.41. The predicted octanol–water partition coefficient (Wildman–Crippen LogP) is 3.03. The fourth-order valence-corrected chi connectivity index (χ4v) is 2.32. The van der Waals surface area contributed by atoms with Gasteiger partial charge in [0.2, 0.25) is 0 Å². The molecule has 0 aliphatic heterocycles.